The lowest BCUT2D eigenvalue weighted by Gasteiger charge is -2.12. The Kier molecular flexibility index (Phi) is 10.4. The molecule has 2 aromatic heterocycles. The normalized spacial score (nSPS) is 11.9. The van der Waals surface area contributed by atoms with Crippen LogP contribution in [0.3, 0.4) is 0 Å². The molecular formula is C15H22N6O7S2. The second-order valence-corrected chi connectivity index (χ2v) is 8.33. The van der Waals surface area contributed by atoms with Crippen LogP contribution in [0, 0.1) is 10.1 Å². The minimum absolute atomic E-state index is 0.00843. The first kappa shape index (κ1) is 23.9. The molecule has 13 nitrogen and oxygen atoms in total. The Labute approximate surface area is 179 Å². The predicted octanol–water partition coefficient (Wildman–Crippen LogP) is 1.36. The van der Waals surface area contributed by atoms with Crippen molar-refractivity contribution in [1.82, 2.24) is 19.5 Å². The van der Waals surface area contributed by atoms with Gasteiger partial charge in [0.2, 0.25) is 0 Å². The highest BCUT2D eigenvalue weighted by molar-refractivity contribution is 8.76. The quantitative estimate of drug-likeness (QED) is 0.179. The van der Waals surface area contributed by atoms with Crippen molar-refractivity contribution in [2.45, 2.75) is 19.1 Å². The van der Waals surface area contributed by atoms with Gasteiger partial charge in [-0.3, -0.25) is 5.32 Å². The van der Waals surface area contributed by atoms with Crippen LogP contribution in [0.5, 0.6) is 0 Å². The van der Waals surface area contributed by atoms with Crippen molar-refractivity contribution in [1.29, 1.82) is 0 Å². The van der Waals surface area contributed by atoms with Crippen molar-refractivity contribution in [3.05, 3.63) is 22.8 Å². The number of methoxy groups -OCH3 is 1. The summed E-state index contributed by atoms with van der Waals surface area (Å²) in [5.41, 5.74) is 0.958. The molecule has 166 valence electrons. The van der Waals surface area contributed by atoms with Gasteiger partial charge in [0.15, 0.2) is 17.0 Å². The SMILES string of the molecule is CO[C@H](CO)CCn1cnc2c(NC(=O)OCCSSCCO[N+](=O)[O-])ncnc21. The average molecular weight is 463 g/mol. The van der Waals surface area contributed by atoms with E-state index in [2.05, 4.69) is 25.1 Å². The van der Waals surface area contributed by atoms with Crippen LogP contribution >= 0.6 is 21.6 Å². The van der Waals surface area contributed by atoms with Crippen LogP contribution in [0.25, 0.3) is 11.2 Å². The Morgan fingerprint density at radius 2 is 2.10 bits per heavy atom. The molecule has 0 aromatic carbocycles. The zero-order chi connectivity index (χ0) is 21.8. The standard InChI is InChI=1S/C15H22N6O7S2/c1-26-11(8-22)2-3-20-10-18-12-13(16-9-17-14(12)20)19-15(23)27-4-6-29-30-7-5-28-21(24)25/h9-11,22H,2-8H2,1H3,(H,16,17,19,23)/t11-/m0/s1. The number of nitrogens with one attached hydrogen (secondary N) is 1. The number of aliphatic hydroxyl groups excluding tert-OH is 1. The van der Waals surface area contributed by atoms with E-state index in [1.165, 1.54) is 35.0 Å². The predicted molar refractivity (Wildman–Crippen MR) is 111 cm³/mol. The molecule has 0 aliphatic rings. The first-order valence-corrected chi connectivity index (χ1v) is 11.3. The lowest BCUT2D eigenvalue weighted by molar-refractivity contribution is -0.756. The lowest BCUT2D eigenvalue weighted by atomic mass is 10.2. The average Bonchev–Trinajstić information content (AvgIpc) is 3.15. The third kappa shape index (κ3) is 7.81. The number of fused-ring (bicyclic) bond motifs is 1. The molecule has 30 heavy (non-hydrogen) atoms. The Bertz CT molecular complexity index is 820. The summed E-state index contributed by atoms with van der Waals surface area (Å²) in [5, 5.41) is 20.9. The summed E-state index contributed by atoms with van der Waals surface area (Å²) in [6, 6.07) is 0. The first-order valence-electron chi connectivity index (χ1n) is 8.80. The summed E-state index contributed by atoms with van der Waals surface area (Å²) in [6.45, 7) is 0.606. The van der Waals surface area contributed by atoms with E-state index in [9.17, 15) is 20.0 Å². The summed E-state index contributed by atoms with van der Waals surface area (Å²) < 4.78 is 12.0. The van der Waals surface area contributed by atoms with Gasteiger partial charge in [-0.2, -0.15) is 0 Å². The molecular weight excluding hydrogens is 440 g/mol. The van der Waals surface area contributed by atoms with Gasteiger partial charge in [0, 0.05) is 25.2 Å². The monoisotopic (exact) mass is 462 g/mol. The molecule has 0 aliphatic carbocycles. The molecule has 0 spiro atoms. The second kappa shape index (κ2) is 13.0. The number of aromatic nitrogens is 4. The van der Waals surface area contributed by atoms with E-state index >= 15 is 0 Å². The van der Waals surface area contributed by atoms with Crippen molar-refractivity contribution >= 4 is 44.7 Å². The maximum Gasteiger partial charge on any atom is 0.412 e. The zero-order valence-electron chi connectivity index (χ0n) is 16.1. The fourth-order valence-corrected chi connectivity index (χ4v) is 3.91. The van der Waals surface area contributed by atoms with Gasteiger partial charge >= 0.3 is 6.09 Å². The summed E-state index contributed by atoms with van der Waals surface area (Å²) >= 11 is 0. The summed E-state index contributed by atoms with van der Waals surface area (Å²) in [6.07, 6.45) is 2.51. The number of carbonyl (C=O) groups is 1. The molecule has 0 fully saturated rings. The highest BCUT2D eigenvalue weighted by Gasteiger charge is 2.14. The fraction of sp³-hybridized carbons (Fsp3) is 0.600. The van der Waals surface area contributed by atoms with Gasteiger partial charge < -0.3 is 24.0 Å². The zero-order valence-corrected chi connectivity index (χ0v) is 17.8. The van der Waals surface area contributed by atoms with Crippen LogP contribution in [0.2, 0.25) is 0 Å². The van der Waals surface area contributed by atoms with Crippen LogP contribution < -0.4 is 5.32 Å². The number of ether oxygens (including phenoxy) is 2. The number of imidazole rings is 1. The molecule has 0 bridgehead atoms. The van der Waals surface area contributed by atoms with Crippen LogP contribution in [0.4, 0.5) is 10.6 Å². The van der Waals surface area contributed by atoms with Gasteiger partial charge in [-0.05, 0) is 6.42 Å². The van der Waals surface area contributed by atoms with E-state index in [0.717, 1.165) is 0 Å². The van der Waals surface area contributed by atoms with E-state index in [1.54, 1.807) is 10.9 Å². The maximum absolute atomic E-state index is 12.0. The van der Waals surface area contributed by atoms with E-state index in [1.807, 2.05) is 0 Å². The molecule has 0 saturated carbocycles. The van der Waals surface area contributed by atoms with Crippen molar-refractivity contribution in [2.24, 2.45) is 0 Å². The van der Waals surface area contributed by atoms with E-state index < -0.39 is 11.2 Å². The topological polar surface area (TPSA) is 164 Å². The number of aliphatic hydroxyl groups is 1. The molecule has 2 N–H and O–H groups in total. The Hall–Kier alpha value is -2.36. The van der Waals surface area contributed by atoms with E-state index in [0.29, 0.717) is 35.6 Å². The largest absolute Gasteiger partial charge is 0.448 e. The van der Waals surface area contributed by atoms with Crippen LogP contribution in [-0.2, 0) is 20.9 Å². The van der Waals surface area contributed by atoms with E-state index in [-0.39, 0.29) is 31.7 Å². The molecule has 2 heterocycles. The minimum atomic E-state index is -0.836. The van der Waals surface area contributed by atoms with Gasteiger partial charge in [0.1, 0.15) is 19.5 Å². The molecule has 0 unspecified atom stereocenters. The maximum atomic E-state index is 12.0. The summed E-state index contributed by atoms with van der Waals surface area (Å²) in [4.78, 5) is 38.7. The van der Waals surface area contributed by atoms with Crippen molar-refractivity contribution in [3.8, 4) is 0 Å². The number of hydrogen-bond donors (Lipinski definition) is 2. The van der Waals surface area contributed by atoms with Crippen molar-refractivity contribution in [3.63, 3.8) is 0 Å². The van der Waals surface area contributed by atoms with Crippen molar-refractivity contribution < 1.29 is 29.3 Å². The summed E-state index contributed by atoms with van der Waals surface area (Å²) in [5.74, 6) is 1.19. The summed E-state index contributed by atoms with van der Waals surface area (Å²) in [7, 11) is 4.33. The lowest BCUT2D eigenvalue weighted by Crippen LogP contribution is -2.18. The van der Waals surface area contributed by atoms with Crippen LogP contribution in [0.1, 0.15) is 6.42 Å². The second-order valence-electron chi connectivity index (χ2n) is 5.62. The Morgan fingerprint density at radius 1 is 1.33 bits per heavy atom. The molecule has 1 atom stereocenters. The third-order valence-corrected chi connectivity index (χ3v) is 6.03. The number of nitrogens with zero attached hydrogens (tertiary/aromatic N) is 5. The smallest absolute Gasteiger partial charge is 0.412 e. The number of aryl methyl sites for hydroxylation is 1. The number of hydrogen-bond acceptors (Lipinski definition) is 12. The molecule has 2 aromatic rings. The van der Waals surface area contributed by atoms with Gasteiger partial charge in [0.25, 0.3) is 5.09 Å². The van der Waals surface area contributed by atoms with Gasteiger partial charge in [0.05, 0.1) is 19.0 Å². The molecule has 0 radical (unpaired) electrons. The highest BCUT2D eigenvalue weighted by atomic mass is 33.1. The number of rotatable bonds is 14. The van der Waals surface area contributed by atoms with Crippen LogP contribution in [-0.4, -0.2) is 80.3 Å². The molecule has 1 amide bonds. The van der Waals surface area contributed by atoms with Gasteiger partial charge in [-0.25, -0.2) is 19.7 Å². The molecule has 15 heteroatoms. The number of carbonyl (C=O) groups excluding carboxylic acids is 1. The molecule has 0 saturated heterocycles. The van der Waals surface area contributed by atoms with Crippen LogP contribution in [0.15, 0.2) is 12.7 Å². The Morgan fingerprint density at radius 3 is 2.80 bits per heavy atom. The molecule has 2 rings (SSSR count). The Balaban J connectivity index is 1.77. The first-order chi connectivity index (χ1) is 14.5. The van der Waals surface area contributed by atoms with E-state index in [4.69, 9.17) is 9.47 Å². The van der Waals surface area contributed by atoms with Gasteiger partial charge in [-0.15, -0.1) is 10.1 Å². The third-order valence-electron chi connectivity index (χ3n) is 3.70. The highest BCUT2D eigenvalue weighted by Crippen LogP contribution is 2.21. The fourth-order valence-electron chi connectivity index (χ4n) is 2.27. The van der Waals surface area contributed by atoms with Crippen molar-refractivity contribution in [2.75, 3.05) is 43.8 Å². The minimum Gasteiger partial charge on any atom is -0.448 e. The molecule has 0 aliphatic heterocycles. The van der Waals surface area contributed by atoms with Gasteiger partial charge in [-0.1, -0.05) is 21.6 Å². The number of amides is 1. The number of anilines is 1.